The first-order chi connectivity index (χ1) is 10.7. The van der Waals surface area contributed by atoms with Crippen molar-refractivity contribution in [3.05, 3.63) is 23.9 Å². The van der Waals surface area contributed by atoms with Gasteiger partial charge in [0.15, 0.2) is 0 Å². The number of hydrogen-bond donors (Lipinski definition) is 3. The lowest BCUT2D eigenvalue weighted by Gasteiger charge is -2.29. The summed E-state index contributed by atoms with van der Waals surface area (Å²) in [5.41, 5.74) is 0.681. The van der Waals surface area contributed by atoms with E-state index in [1.54, 1.807) is 6.20 Å². The Balaban J connectivity index is 0.000000745. The van der Waals surface area contributed by atoms with Crippen LogP contribution in [-0.2, 0) is 4.79 Å². The maximum absolute atomic E-state index is 12.2. The van der Waals surface area contributed by atoms with Gasteiger partial charge in [0.25, 0.3) is 12.4 Å². The molecule has 1 aliphatic heterocycles. The standard InChI is InChI=1S/C14H22N4O.CH2O2/c1-2-3-6-17-14(19)12-5-4-7-16-13(12)18-10-8-15-9-11-18;2-1-3/h4-5,7,15H,2-3,6,8-11H2,1H3,(H,17,19);1H,(H,2,3). The highest BCUT2D eigenvalue weighted by Crippen LogP contribution is 2.17. The van der Waals surface area contributed by atoms with E-state index in [0.717, 1.165) is 51.4 Å². The average molecular weight is 308 g/mol. The molecule has 0 aliphatic carbocycles. The number of pyridine rings is 1. The summed E-state index contributed by atoms with van der Waals surface area (Å²) in [4.78, 5) is 27.1. The predicted octanol–water partition coefficient (Wildman–Crippen LogP) is 0.722. The Morgan fingerprint density at radius 2 is 2.18 bits per heavy atom. The molecule has 1 aromatic rings. The van der Waals surface area contributed by atoms with E-state index in [0.29, 0.717) is 5.56 Å². The number of hydrogen-bond acceptors (Lipinski definition) is 5. The molecule has 3 N–H and O–H groups in total. The Kier molecular flexibility index (Phi) is 8.59. The molecule has 0 radical (unpaired) electrons. The molecule has 22 heavy (non-hydrogen) atoms. The smallest absolute Gasteiger partial charge is 0.290 e. The first-order valence-electron chi connectivity index (χ1n) is 7.51. The van der Waals surface area contributed by atoms with Crippen LogP contribution in [0.1, 0.15) is 30.1 Å². The van der Waals surface area contributed by atoms with Gasteiger partial charge in [0.2, 0.25) is 0 Å². The van der Waals surface area contributed by atoms with Crippen LogP contribution in [-0.4, -0.2) is 55.2 Å². The summed E-state index contributed by atoms with van der Waals surface area (Å²) in [5.74, 6) is 0.785. The fraction of sp³-hybridized carbons (Fsp3) is 0.533. The van der Waals surface area contributed by atoms with Gasteiger partial charge in [-0.3, -0.25) is 9.59 Å². The van der Waals surface area contributed by atoms with Crippen LogP contribution in [0.3, 0.4) is 0 Å². The highest BCUT2D eigenvalue weighted by atomic mass is 16.3. The van der Waals surface area contributed by atoms with Crippen molar-refractivity contribution in [3.63, 3.8) is 0 Å². The van der Waals surface area contributed by atoms with Crippen molar-refractivity contribution in [2.45, 2.75) is 19.8 Å². The highest BCUT2D eigenvalue weighted by molar-refractivity contribution is 5.98. The molecule has 0 saturated carbocycles. The Bertz CT molecular complexity index is 462. The van der Waals surface area contributed by atoms with Crippen LogP contribution >= 0.6 is 0 Å². The number of nitrogens with zero attached hydrogens (tertiary/aromatic N) is 2. The fourth-order valence-corrected chi connectivity index (χ4v) is 2.18. The van der Waals surface area contributed by atoms with Crippen molar-refractivity contribution < 1.29 is 14.7 Å². The topological polar surface area (TPSA) is 94.6 Å². The Labute approximate surface area is 130 Å². The van der Waals surface area contributed by atoms with Gasteiger partial charge in [-0.05, 0) is 18.6 Å². The van der Waals surface area contributed by atoms with E-state index in [4.69, 9.17) is 9.90 Å². The molecule has 1 aliphatic rings. The molecule has 7 heteroatoms. The number of carboxylic acid groups (broad SMARTS) is 1. The molecular weight excluding hydrogens is 284 g/mol. The number of unbranched alkanes of at least 4 members (excludes halogenated alkanes) is 1. The third-order valence-electron chi connectivity index (χ3n) is 3.26. The van der Waals surface area contributed by atoms with Crippen molar-refractivity contribution in [1.82, 2.24) is 15.6 Å². The van der Waals surface area contributed by atoms with Crippen molar-refractivity contribution >= 4 is 18.2 Å². The fourth-order valence-electron chi connectivity index (χ4n) is 2.18. The van der Waals surface area contributed by atoms with Gasteiger partial charge in [0.1, 0.15) is 5.82 Å². The summed E-state index contributed by atoms with van der Waals surface area (Å²) >= 11 is 0. The van der Waals surface area contributed by atoms with Gasteiger partial charge >= 0.3 is 0 Å². The Hall–Kier alpha value is -2.15. The predicted molar refractivity (Wildman–Crippen MR) is 85.3 cm³/mol. The minimum absolute atomic E-state index is 0.0184. The molecule has 7 nitrogen and oxygen atoms in total. The molecule has 1 aromatic heterocycles. The lowest BCUT2D eigenvalue weighted by Crippen LogP contribution is -2.44. The zero-order valence-electron chi connectivity index (χ0n) is 12.9. The van der Waals surface area contributed by atoms with Crippen LogP contribution in [0.25, 0.3) is 0 Å². The van der Waals surface area contributed by atoms with Gasteiger partial charge in [-0.1, -0.05) is 13.3 Å². The maximum Gasteiger partial charge on any atom is 0.290 e. The molecule has 0 unspecified atom stereocenters. The second-order valence-corrected chi connectivity index (χ2v) is 4.83. The summed E-state index contributed by atoms with van der Waals surface area (Å²) in [6, 6.07) is 3.67. The summed E-state index contributed by atoms with van der Waals surface area (Å²) in [6.45, 7) is 6.26. The highest BCUT2D eigenvalue weighted by Gasteiger charge is 2.18. The molecule has 0 bridgehead atoms. The minimum Gasteiger partial charge on any atom is -0.483 e. The van der Waals surface area contributed by atoms with Crippen molar-refractivity contribution in [3.8, 4) is 0 Å². The number of anilines is 1. The molecule has 2 rings (SSSR count). The largest absolute Gasteiger partial charge is 0.483 e. The van der Waals surface area contributed by atoms with E-state index < -0.39 is 0 Å². The van der Waals surface area contributed by atoms with E-state index in [9.17, 15) is 4.79 Å². The van der Waals surface area contributed by atoms with Gasteiger partial charge < -0.3 is 20.6 Å². The van der Waals surface area contributed by atoms with Crippen LogP contribution < -0.4 is 15.5 Å². The number of amides is 1. The van der Waals surface area contributed by atoms with E-state index in [1.807, 2.05) is 12.1 Å². The van der Waals surface area contributed by atoms with Gasteiger partial charge in [0.05, 0.1) is 5.56 Å². The van der Waals surface area contributed by atoms with Crippen LogP contribution in [0.15, 0.2) is 18.3 Å². The summed E-state index contributed by atoms with van der Waals surface area (Å²) in [6.07, 6.45) is 3.84. The second kappa shape index (κ2) is 10.6. The van der Waals surface area contributed by atoms with Gasteiger partial charge in [0, 0.05) is 38.9 Å². The summed E-state index contributed by atoms with van der Waals surface area (Å²) in [7, 11) is 0. The number of rotatable bonds is 5. The Morgan fingerprint density at radius 1 is 1.50 bits per heavy atom. The number of piperazine rings is 1. The van der Waals surface area contributed by atoms with E-state index in [-0.39, 0.29) is 12.4 Å². The van der Waals surface area contributed by atoms with Crippen LogP contribution in [0.2, 0.25) is 0 Å². The molecule has 1 amide bonds. The number of carbonyl (C=O) groups excluding carboxylic acids is 1. The molecule has 0 atom stereocenters. The average Bonchev–Trinajstić information content (AvgIpc) is 2.56. The zero-order valence-corrected chi connectivity index (χ0v) is 12.9. The second-order valence-electron chi connectivity index (χ2n) is 4.83. The monoisotopic (exact) mass is 308 g/mol. The van der Waals surface area contributed by atoms with Crippen molar-refractivity contribution in [2.24, 2.45) is 0 Å². The third kappa shape index (κ3) is 5.69. The summed E-state index contributed by atoms with van der Waals surface area (Å²) < 4.78 is 0. The molecule has 122 valence electrons. The number of carbonyl (C=O) groups is 2. The molecule has 0 aromatic carbocycles. The molecule has 2 heterocycles. The SMILES string of the molecule is CCCCNC(=O)c1cccnc1N1CCNCC1.O=CO. The van der Waals surface area contributed by atoms with Gasteiger partial charge in [-0.15, -0.1) is 0 Å². The van der Waals surface area contributed by atoms with Crippen molar-refractivity contribution in [1.29, 1.82) is 0 Å². The van der Waals surface area contributed by atoms with Crippen LogP contribution in [0, 0.1) is 0 Å². The minimum atomic E-state index is -0.250. The first-order valence-corrected chi connectivity index (χ1v) is 7.51. The molecule has 1 saturated heterocycles. The lowest BCUT2D eigenvalue weighted by molar-refractivity contribution is -0.122. The molecular formula is C15H24N4O3. The number of nitrogens with one attached hydrogen (secondary N) is 2. The van der Waals surface area contributed by atoms with Crippen LogP contribution in [0.5, 0.6) is 0 Å². The lowest BCUT2D eigenvalue weighted by atomic mass is 10.2. The van der Waals surface area contributed by atoms with Gasteiger partial charge in [-0.2, -0.15) is 0 Å². The van der Waals surface area contributed by atoms with Crippen molar-refractivity contribution in [2.75, 3.05) is 37.6 Å². The van der Waals surface area contributed by atoms with Gasteiger partial charge in [-0.25, -0.2) is 4.98 Å². The zero-order chi connectivity index (χ0) is 16.2. The van der Waals surface area contributed by atoms with E-state index in [1.165, 1.54) is 0 Å². The molecule has 1 fully saturated rings. The Morgan fingerprint density at radius 3 is 2.82 bits per heavy atom. The summed E-state index contributed by atoms with van der Waals surface area (Å²) in [5, 5.41) is 13.2. The first kappa shape index (κ1) is 17.9. The van der Waals surface area contributed by atoms with Crippen LogP contribution in [0.4, 0.5) is 5.82 Å². The molecule has 0 spiro atoms. The third-order valence-corrected chi connectivity index (χ3v) is 3.26. The quantitative estimate of drug-likeness (QED) is 0.548. The van der Waals surface area contributed by atoms with E-state index in [2.05, 4.69) is 27.4 Å². The van der Waals surface area contributed by atoms with E-state index >= 15 is 0 Å². The number of aromatic nitrogens is 1. The maximum atomic E-state index is 12.2. The normalized spacial score (nSPS) is 13.8.